The summed E-state index contributed by atoms with van der Waals surface area (Å²) in [5.74, 6) is 0. The topological polar surface area (TPSA) is 12.0 Å². The van der Waals surface area contributed by atoms with Gasteiger partial charge in [0.05, 0.1) is 15.6 Å². The van der Waals surface area contributed by atoms with Crippen molar-refractivity contribution >= 4 is 57.3 Å². The minimum absolute atomic E-state index is 0.740. The number of nitrogens with one attached hydrogen (secondary N) is 1. The van der Waals surface area contributed by atoms with E-state index in [1.54, 1.807) is 23.5 Å². The van der Waals surface area contributed by atoms with Gasteiger partial charge in [-0.1, -0.05) is 77.6 Å². The van der Waals surface area contributed by atoms with Gasteiger partial charge in [0, 0.05) is 20.4 Å². The summed E-state index contributed by atoms with van der Waals surface area (Å²) in [6, 6.07) is 27.4. The highest BCUT2D eigenvalue weighted by molar-refractivity contribution is 8.05. The third-order valence-corrected chi connectivity index (χ3v) is 7.28. The van der Waals surface area contributed by atoms with Crippen LogP contribution in [0, 0.1) is 0 Å². The molecule has 1 heterocycles. The Morgan fingerprint density at radius 1 is 0.654 bits per heavy atom. The Morgan fingerprint density at radius 2 is 1.38 bits per heavy atom. The molecule has 0 fully saturated rings. The van der Waals surface area contributed by atoms with E-state index in [1.165, 1.54) is 30.4 Å². The summed E-state index contributed by atoms with van der Waals surface area (Å²) in [5.41, 5.74) is 2.02. The van der Waals surface area contributed by atoms with Gasteiger partial charge in [0.25, 0.3) is 0 Å². The Hall–Kier alpha value is -2.07. The van der Waals surface area contributed by atoms with E-state index in [0.717, 1.165) is 16.4 Å². The maximum atomic E-state index is 6.57. The van der Waals surface area contributed by atoms with Gasteiger partial charge in [-0.05, 0) is 47.2 Å². The maximum Gasteiger partial charge on any atom is 0.0726 e. The minimum atomic E-state index is 0.740. The first-order valence-electron chi connectivity index (χ1n) is 8.31. The summed E-state index contributed by atoms with van der Waals surface area (Å²) in [6.45, 7) is 0. The van der Waals surface area contributed by atoms with Crippen LogP contribution in [0.25, 0.3) is 10.8 Å². The van der Waals surface area contributed by atoms with Crippen molar-refractivity contribution in [2.75, 3.05) is 5.32 Å². The van der Waals surface area contributed by atoms with Crippen molar-refractivity contribution in [2.24, 2.45) is 0 Å². The molecule has 4 aromatic carbocycles. The van der Waals surface area contributed by atoms with Crippen LogP contribution in [0.15, 0.2) is 98.4 Å². The molecule has 0 aromatic heterocycles. The normalized spacial score (nSPS) is 12.5. The smallest absolute Gasteiger partial charge is 0.0726 e. The van der Waals surface area contributed by atoms with E-state index in [0.29, 0.717) is 0 Å². The number of rotatable bonds is 2. The van der Waals surface area contributed by atoms with Crippen LogP contribution in [0.2, 0.25) is 5.02 Å². The van der Waals surface area contributed by atoms with E-state index >= 15 is 0 Å². The lowest BCUT2D eigenvalue weighted by Gasteiger charge is -2.22. The second-order valence-corrected chi connectivity index (χ2v) is 8.63. The fraction of sp³-hybridized carbons (Fsp3) is 0. The number of fused-ring (bicyclic) bond motifs is 3. The molecule has 26 heavy (non-hydrogen) atoms. The van der Waals surface area contributed by atoms with Gasteiger partial charge in [-0.2, -0.15) is 0 Å². The molecule has 0 aliphatic carbocycles. The molecular weight excluding hydrogens is 378 g/mol. The molecule has 0 unspecified atom stereocenters. The molecule has 0 amide bonds. The van der Waals surface area contributed by atoms with Crippen LogP contribution in [-0.4, -0.2) is 0 Å². The van der Waals surface area contributed by atoms with Crippen molar-refractivity contribution < 1.29 is 0 Å². The van der Waals surface area contributed by atoms with Gasteiger partial charge < -0.3 is 5.32 Å². The minimum Gasteiger partial charge on any atom is -0.353 e. The molecule has 4 heteroatoms. The van der Waals surface area contributed by atoms with Crippen LogP contribution in [0.1, 0.15) is 0 Å². The van der Waals surface area contributed by atoms with E-state index in [4.69, 9.17) is 11.6 Å². The summed E-state index contributed by atoms with van der Waals surface area (Å²) < 4.78 is 0. The number of benzene rings is 4. The Morgan fingerprint density at radius 3 is 2.23 bits per heavy atom. The lowest BCUT2D eigenvalue weighted by Crippen LogP contribution is -1.98. The van der Waals surface area contributed by atoms with Crippen molar-refractivity contribution in [3.8, 4) is 0 Å². The highest BCUT2D eigenvalue weighted by Crippen LogP contribution is 2.53. The monoisotopic (exact) mass is 391 g/mol. The van der Waals surface area contributed by atoms with Gasteiger partial charge in [0.1, 0.15) is 0 Å². The van der Waals surface area contributed by atoms with Crippen molar-refractivity contribution in [3.63, 3.8) is 0 Å². The van der Waals surface area contributed by atoms with E-state index in [2.05, 4.69) is 78.1 Å². The molecule has 0 saturated carbocycles. The van der Waals surface area contributed by atoms with Crippen LogP contribution in [0.4, 0.5) is 11.4 Å². The fourth-order valence-electron chi connectivity index (χ4n) is 3.10. The fourth-order valence-corrected chi connectivity index (χ4v) is 5.71. The van der Waals surface area contributed by atoms with Gasteiger partial charge in [0.15, 0.2) is 0 Å². The first-order valence-corrected chi connectivity index (χ1v) is 10.3. The Labute approximate surface area is 165 Å². The number of halogens is 1. The van der Waals surface area contributed by atoms with E-state index < -0.39 is 0 Å². The molecule has 0 radical (unpaired) electrons. The van der Waals surface area contributed by atoms with Crippen LogP contribution >= 0.6 is 35.1 Å². The Kier molecular flexibility index (Phi) is 4.08. The standard InChI is InChI=1S/C22H14ClNS2/c23-17-11-12-20-22(26-19-8-4-3-7-18(19)25-20)21(17)24-16-10-9-14-5-1-2-6-15(14)13-16/h1-13,24H. The van der Waals surface area contributed by atoms with Crippen LogP contribution < -0.4 is 5.32 Å². The molecule has 0 atom stereocenters. The summed E-state index contributed by atoms with van der Waals surface area (Å²) >= 11 is 10.1. The largest absolute Gasteiger partial charge is 0.353 e. The molecule has 1 N–H and O–H groups in total. The van der Waals surface area contributed by atoms with Crippen molar-refractivity contribution in [2.45, 2.75) is 19.6 Å². The summed E-state index contributed by atoms with van der Waals surface area (Å²) in [5, 5.41) is 6.75. The van der Waals surface area contributed by atoms with Crippen LogP contribution in [0.3, 0.4) is 0 Å². The zero-order chi connectivity index (χ0) is 17.5. The molecule has 1 aliphatic heterocycles. The Bertz CT molecular complexity index is 1140. The highest BCUT2D eigenvalue weighted by Gasteiger charge is 2.21. The summed E-state index contributed by atoms with van der Waals surface area (Å²) in [6.07, 6.45) is 0. The van der Waals surface area contributed by atoms with E-state index in [9.17, 15) is 0 Å². The second-order valence-electron chi connectivity index (χ2n) is 6.09. The Balaban J connectivity index is 1.57. The molecule has 0 bridgehead atoms. The highest BCUT2D eigenvalue weighted by atomic mass is 35.5. The zero-order valence-electron chi connectivity index (χ0n) is 13.7. The quantitative estimate of drug-likeness (QED) is 0.329. The lowest BCUT2D eigenvalue weighted by molar-refractivity contribution is 1.16. The van der Waals surface area contributed by atoms with Gasteiger partial charge in [-0.15, -0.1) is 0 Å². The van der Waals surface area contributed by atoms with E-state index in [1.807, 2.05) is 6.07 Å². The average Bonchev–Trinajstić information content (AvgIpc) is 2.69. The number of anilines is 2. The molecule has 0 saturated heterocycles. The predicted molar refractivity (Wildman–Crippen MR) is 113 cm³/mol. The lowest BCUT2D eigenvalue weighted by atomic mass is 10.1. The first kappa shape index (κ1) is 16.1. The maximum absolute atomic E-state index is 6.57. The molecule has 1 nitrogen and oxygen atoms in total. The molecule has 126 valence electrons. The molecular formula is C22H14ClNS2. The SMILES string of the molecule is Clc1ccc2c(c1Nc1ccc3ccccc3c1)Sc1ccccc1S2. The molecule has 0 spiro atoms. The average molecular weight is 392 g/mol. The van der Waals surface area contributed by atoms with Gasteiger partial charge >= 0.3 is 0 Å². The van der Waals surface area contributed by atoms with Crippen molar-refractivity contribution in [1.29, 1.82) is 0 Å². The van der Waals surface area contributed by atoms with Crippen LogP contribution in [0.5, 0.6) is 0 Å². The van der Waals surface area contributed by atoms with Gasteiger partial charge in [-0.25, -0.2) is 0 Å². The molecule has 4 aromatic rings. The molecule has 5 rings (SSSR count). The van der Waals surface area contributed by atoms with Gasteiger partial charge in [0.2, 0.25) is 0 Å². The number of hydrogen-bond acceptors (Lipinski definition) is 3. The van der Waals surface area contributed by atoms with Crippen molar-refractivity contribution in [1.82, 2.24) is 0 Å². The number of hydrogen-bond donors (Lipinski definition) is 1. The zero-order valence-corrected chi connectivity index (χ0v) is 16.1. The summed E-state index contributed by atoms with van der Waals surface area (Å²) in [4.78, 5) is 4.99. The van der Waals surface area contributed by atoms with Crippen molar-refractivity contribution in [3.05, 3.63) is 83.9 Å². The first-order chi connectivity index (χ1) is 12.8. The second kappa shape index (κ2) is 6.58. The predicted octanol–water partition coefficient (Wildman–Crippen LogP) is 7.85. The van der Waals surface area contributed by atoms with Crippen LogP contribution in [-0.2, 0) is 0 Å². The van der Waals surface area contributed by atoms with Gasteiger partial charge in [-0.3, -0.25) is 0 Å². The molecule has 1 aliphatic rings. The summed E-state index contributed by atoms with van der Waals surface area (Å²) in [7, 11) is 0. The third kappa shape index (κ3) is 2.86. The third-order valence-electron chi connectivity index (χ3n) is 4.37. The van der Waals surface area contributed by atoms with E-state index in [-0.39, 0.29) is 0 Å².